The van der Waals surface area contributed by atoms with Gasteiger partial charge >= 0.3 is 0 Å². The van der Waals surface area contributed by atoms with Crippen molar-refractivity contribution in [2.24, 2.45) is 0 Å². The van der Waals surface area contributed by atoms with Gasteiger partial charge in [0.15, 0.2) is 0 Å². The van der Waals surface area contributed by atoms with Crippen molar-refractivity contribution < 1.29 is 4.21 Å². The van der Waals surface area contributed by atoms with Gasteiger partial charge in [-0.3, -0.25) is 9.11 Å². The van der Waals surface area contributed by atoms with Crippen molar-refractivity contribution in [2.75, 3.05) is 31.1 Å². The molecule has 0 radical (unpaired) electrons. The van der Waals surface area contributed by atoms with E-state index in [1.165, 1.54) is 13.0 Å². The van der Waals surface area contributed by atoms with Gasteiger partial charge in [-0.2, -0.15) is 0 Å². The number of hydrogen-bond donors (Lipinski definition) is 1. The molecule has 0 atom stereocenters. The standard InChI is InChI=1S/C12H24N2OS/c1-12(2)10-14(7-3-6-13-12)11-4-8-16(15)9-5-11/h11,13H,3-10H2,1-2H3. The highest BCUT2D eigenvalue weighted by molar-refractivity contribution is 7.85. The molecule has 0 aliphatic carbocycles. The minimum absolute atomic E-state index is 0.229. The highest BCUT2D eigenvalue weighted by atomic mass is 32.2. The minimum Gasteiger partial charge on any atom is -0.310 e. The predicted octanol–water partition coefficient (Wildman–Crippen LogP) is 0.971. The second kappa shape index (κ2) is 5.15. The summed E-state index contributed by atoms with van der Waals surface area (Å²) in [7, 11) is -0.531. The molecular formula is C12H24N2OS. The van der Waals surface area contributed by atoms with Gasteiger partial charge in [0.05, 0.1) is 0 Å². The first kappa shape index (κ1) is 12.5. The zero-order valence-corrected chi connectivity index (χ0v) is 11.3. The van der Waals surface area contributed by atoms with E-state index in [0.29, 0.717) is 6.04 Å². The summed E-state index contributed by atoms with van der Waals surface area (Å²) in [5.41, 5.74) is 0.229. The molecule has 0 aromatic rings. The molecule has 2 rings (SSSR count). The molecule has 4 heteroatoms. The zero-order chi connectivity index (χ0) is 11.6. The van der Waals surface area contributed by atoms with Crippen LogP contribution in [0.4, 0.5) is 0 Å². The number of nitrogens with one attached hydrogen (secondary N) is 1. The summed E-state index contributed by atoms with van der Waals surface area (Å²) in [6.45, 7) is 8.03. The minimum atomic E-state index is -0.531. The molecule has 0 unspecified atom stereocenters. The molecule has 0 amide bonds. The summed E-state index contributed by atoms with van der Waals surface area (Å²) in [4.78, 5) is 2.62. The molecule has 3 nitrogen and oxygen atoms in total. The Morgan fingerprint density at radius 3 is 2.69 bits per heavy atom. The lowest BCUT2D eigenvalue weighted by molar-refractivity contribution is 0.159. The van der Waals surface area contributed by atoms with Gasteiger partial charge in [-0.1, -0.05) is 0 Å². The summed E-state index contributed by atoms with van der Waals surface area (Å²) >= 11 is 0. The first-order valence-corrected chi connectivity index (χ1v) is 7.90. The molecule has 0 spiro atoms. The van der Waals surface area contributed by atoms with Crippen LogP contribution in [0, 0.1) is 0 Å². The van der Waals surface area contributed by atoms with Crippen LogP contribution in [0.15, 0.2) is 0 Å². The van der Waals surface area contributed by atoms with Gasteiger partial charge in [-0.05, 0) is 46.2 Å². The molecular weight excluding hydrogens is 220 g/mol. The first-order chi connectivity index (χ1) is 7.57. The molecule has 0 bridgehead atoms. The topological polar surface area (TPSA) is 32.3 Å². The van der Waals surface area contributed by atoms with Crippen molar-refractivity contribution in [1.82, 2.24) is 10.2 Å². The van der Waals surface area contributed by atoms with Crippen LogP contribution in [0.2, 0.25) is 0 Å². The number of rotatable bonds is 1. The van der Waals surface area contributed by atoms with Crippen LogP contribution >= 0.6 is 0 Å². The normalized spacial score (nSPS) is 36.9. The maximum atomic E-state index is 11.4. The molecule has 2 saturated heterocycles. The van der Waals surface area contributed by atoms with Gasteiger partial charge in [-0.25, -0.2) is 0 Å². The summed E-state index contributed by atoms with van der Waals surface area (Å²) in [5, 5.41) is 3.60. The van der Waals surface area contributed by atoms with E-state index in [0.717, 1.165) is 37.4 Å². The summed E-state index contributed by atoms with van der Waals surface area (Å²) in [6.07, 6.45) is 3.49. The van der Waals surface area contributed by atoms with Gasteiger partial charge in [0, 0.05) is 40.4 Å². The summed E-state index contributed by atoms with van der Waals surface area (Å²) in [6, 6.07) is 0.678. The van der Waals surface area contributed by atoms with Crippen molar-refractivity contribution >= 4 is 10.8 Å². The fourth-order valence-electron chi connectivity index (χ4n) is 2.81. The fourth-order valence-corrected chi connectivity index (χ4v) is 4.08. The smallest absolute Gasteiger partial charge is 0.0252 e. The molecule has 2 aliphatic rings. The van der Waals surface area contributed by atoms with E-state index in [2.05, 4.69) is 24.1 Å². The van der Waals surface area contributed by atoms with Crippen LogP contribution in [0.25, 0.3) is 0 Å². The van der Waals surface area contributed by atoms with Crippen LogP contribution in [0.5, 0.6) is 0 Å². The Morgan fingerprint density at radius 1 is 1.31 bits per heavy atom. The third-order valence-electron chi connectivity index (χ3n) is 3.70. The van der Waals surface area contributed by atoms with E-state index in [4.69, 9.17) is 0 Å². The van der Waals surface area contributed by atoms with Gasteiger partial charge in [0.1, 0.15) is 0 Å². The van der Waals surface area contributed by atoms with Crippen molar-refractivity contribution in [3.63, 3.8) is 0 Å². The highest BCUT2D eigenvalue weighted by Crippen LogP contribution is 2.20. The second-order valence-electron chi connectivity index (χ2n) is 5.71. The van der Waals surface area contributed by atoms with Crippen LogP contribution in [-0.4, -0.2) is 51.8 Å². The lowest BCUT2D eigenvalue weighted by atomic mass is 10.0. The molecule has 1 N–H and O–H groups in total. The Balaban J connectivity index is 1.94. The van der Waals surface area contributed by atoms with Crippen molar-refractivity contribution in [3.8, 4) is 0 Å². The van der Waals surface area contributed by atoms with E-state index in [1.54, 1.807) is 0 Å². The fraction of sp³-hybridized carbons (Fsp3) is 1.00. The molecule has 16 heavy (non-hydrogen) atoms. The molecule has 0 saturated carbocycles. The van der Waals surface area contributed by atoms with Gasteiger partial charge < -0.3 is 5.32 Å². The summed E-state index contributed by atoms with van der Waals surface area (Å²) < 4.78 is 11.4. The Labute approximate surface area is 101 Å². The molecule has 2 fully saturated rings. The monoisotopic (exact) mass is 244 g/mol. The van der Waals surface area contributed by atoms with Crippen LogP contribution in [0.1, 0.15) is 33.1 Å². The maximum Gasteiger partial charge on any atom is 0.0252 e. The van der Waals surface area contributed by atoms with Gasteiger partial charge in [0.25, 0.3) is 0 Å². The highest BCUT2D eigenvalue weighted by Gasteiger charge is 2.30. The Hall–Kier alpha value is 0.0700. The molecule has 0 aromatic carbocycles. The molecule has 94 valence electrons. The van der Waals surface area contributed by atoms with E-state index in [1.807, 2.05) is 0 Å². The predicted molar refractivity (Wildman–Crippen MR) is 69.2 cm³/mol. The second-order valence-corrected chi connectivity index (χ2v) is 7.41. The quantitative estimate of drug-likeness (QED) is 0.746. The lowest BCUT2D eigenvalue weighted by Gasteiger charge is -2.37. The third kappa shape index (κ3) is 3.28. The third-order valence-corrected chi connectivity index (χ3v) is 5.08. The van der Waals surface area contributed by atoms with Crippen LogP contribution < -0.4 is 5.32 Å². The zero-order valence-electron chi connectivity index (χ0n) is 10.5. The van der Waals surface area contributed by atoms with E-state index in [-0.39, 0.29) is 5.54 Å². The van der Waals surface area contributed by atoms with Crippen molar-refractivity contribution in [2.45, 2.75) is 44.7 Å². The molecule has 0 aromatic heterocycles. The Kier molecular flexibility index (Phi) is 4.03. The average Bonchev–Trinajstić information content (AvgIpc) is 2.40. The van der Waals surface area contributed by atoms with Crippen molar-refractivity contribution in [1.29, 1.82) is 0 Å². The Bertz CT molecular complexity index is 258. The van der Waals surface area contributed by atoms with E-state index < -0.39 is 10.8 Å². The average molecular weight is 244 g/mol. The SMILES string of the molecule is CC1(C)CN(C2CCS(=O)CC2)CCCN1. The molecule has 2 heterocycles. The maximum absolute atomic E-state index is 11.4. The van der Waals surface area contributed by atoms with Crippen LogP contribution in [0.3, 0.4) is 0 Å². The Morgan fingerprint density at radius 2 is 2.00 bits per heavy atom. The first-order valence-electron chi connectivity index (χ1n) is 6.41. The van der Waals surface area contributed by atoms with E-state index >= 15 is 0 Å². The molecule has 2 aliphatic heterocycles. The summed E-state index contributed by atoms with van der Waals surface area (Å²) in [5.74, 6) is 1.82. The lowest BCUT2D eigenvalue weighted by Crippen LogP contribution is -2.50. The van der Waals surface area contributed by atoms with Crippen LogP contribution in [-0.2, 0) is 10.8 Å². The largest absolute Gasteiger partial charge is 0.310 e. The van der Waals surface area contributed by atoms with E-state index in [9.17, 15) is 4.21 Å². The van der Waals surface area contributed by atoms with Gasteiger partial charge in [0.2, 0.25) is 0 Å². The van der Waals surface area contributed by atoms with Gasteiger partial charge in [-0.15, -0.1) is 0 Å². The van der Waals surface area contributed by atoms with Crippen molar-refractivity contribution in [3.05, 3.63) is 0 Å². The number of nitrogens with zero attached hydrogens (tertiary/aromatic N) is 1. The number of hydrogen-bond acceptors (Lipinski definition) is 3.